The predicted molar refractivity (Wildman–Crippen MR) is 82.2 cm³/mol. The molecule has 118 valence electrons. The van der Waals surface area contributed by atoms with Gasteiger partial charge in [0.05, 0.1) is 26.3 Å². The first-order valence-electron chi connectivity index (χ1n) is 8.17. The van der Waals surface area contributed by atoms with E-state index in [1.54, 1.807) is 0 Å². The molecule has 0 radical (unpaired) electrons. The summed E-state index contributed by atoms with van der Waals surface area (Å²) >= 11 is 0. The molecule has 5 heteroatoms. The summed E-state index contributed by atoms with van der Waals surface area (Å²) in [6, 6.07) is 4.91. The first-order valence-corrected chi connectivity index (χ1v) is 8.17. The molecule has 2 aliphatic rings. The van der Waals surface area contributed by atoms with Gasteiger partial charge < -0.3 is 14.5 Å². The number of furan rings is 1. The maximum absolute atomic E-state index is 5.89. The second-order valence-electron chi connectivity index (χ2n) is 5.97. The van der Waals surface area contributed by atoms with Gasteiger partial charge in [-0.2, -0.15) is 0 Å². The lowest BCUT2D eigenvalue weighted by Crippen LogP contribution is -2.44. The first-order chi connectivity index (χ1) is 10.3. The molecule has 1 atom stereocenters. The molecule has 0 aromatic carbocycles. The van der Waals surface area contributed by atoms with Crippen molar-refractivity contribution >= 4 is 0 Å². The predicted octanol–water partition coefficient (Wildman–Crippen LogP) is 1.30. The van der Waals surface area contributed by atoms with Gasteiger partial charge in [0, 0.05) is 32.2 Å². The van der Waals surface area contributed by atoms with Crippen LogP contribution in [0.2, 0.25) is 0 Å². The maximum atomic E-state index is 5.89. The number of nitrogens with one attached hydrogen (secondary N) is 1. The lowest BCUT2D eigenvalue weighted by atomic mass is 10.2. The molecule has 3 rings (SSSR count). The molecular formula is C16H27N3O2. The minimum absolute atomic E-state index is 0.699. The summed E-state index contributed by atoms with van der Waals surface area (Å²) in [7, 11) is 0. The van der Waals surface area contributed by atoms with Crippen molar-refractivity contribution in [3.05, 3.63) is 23.7 Å². The molecule has 0 aliphatic carbocycles. The highest BCUT2D eigenvalue weighted by molar-refractivity contribution is 5.07. The Kier molecular flexibility index (Phi) is 5.30. The average Bonchev–Trinajstić information content (AvgIpc) is 3.16. The van der Waals surface area contributed by atoms with E-state index in [1.807, 2.05) is 0 Å². The van der Waals surface area contributed by atoms with Crippen molar-refractivity contribution < 1.29 is 9.15 Å². The molecule has 0 spiro atoms. The summed E-state index contributed by atoms with van der Waals surface area (Å²) in [6.45, 7) is 11.1. The molecule has 2 fully saturated rings. The van der Waals surface area contributed by atoms with Crippen molar-refractivity contribution in [1.29, 1.82) is 0 Å². The molecule has 0 saturated carbocycles. The summed E-state index contributed by atoms with van der Waals surface area (Å²) < 4.78 is 11.3. The van der Waals surface area contributed by atoms with Crippen LogP contribution in [0.5, 0.6) is 0 Å². The van der Waals surface area contributed by atoms with Gasteiger partial charge in [0.25, 0.3) is 0 Å². The minimum atomic E-state index is 0.699. The number of morpholine rings is 1. The van der Waals surface area contributed by atoms with Crippen molar-refractivity contribution in [2.24, 2.45) is 0 Å². The second kappa shape index (κ2) is 7.40. The summed E-state index contributed by atoms with van der Waals surface area (Å²) in [6.07, 6.45) is 1.27. The highest BCUT2D eigenvalue weighted by Crippen LogP contribution is 2.20. The Morgan fingerprint density at radius 2 is 2.00 bits per heavy atom. The van der Waals surface area contributed by atoms with Crippen LogP contribution in [-0.2, 0) is 17.8 Å². The van der Waals surface area contributed by atoms with Crippen LogP contribution in [0.3, 0.4) is 0 Å². The third-order valence-corrected chi connectivity index (χ3v) is 4.46. The highest BCUT2D eigenvalue weighted by Gasteiger charge is 2.28. The molecule has 1 unspecified atom stereocenters. The van der Waals surface area contributed by atoms with Crippen LogP contribution in [0, 0.1) is 0 Å². The topological polar surface area (TPSA) is 40.9 Å². The number of hydrogen-bond donors (Lipinski definition) is 1. The van der Waals surface area contributed by atoms with Crippen molar-refractivity contribution in [3.63, 3.8) is 0 Å². The minimum Gasteiger partial charge on any atom is -0.463 e. The Labute approximate surface area is 127 Å². The van der Waals surface area contributed by atoms with Crippen molar-refractivity contribution in [2.45, 2.75) is 32.5 Å². The van der Waals surface area contributed by atoms with Crippen molar-refractivity contribution in [2.75, 3.05) is 45.9 Å². The molecule has 2 saturated heterocycles. The lowest BCUT2D eigenvalue weighted by molar-refractivity contribution is 0.0182. The first kappa shape index (κ1) is 15.0. The monoisotopic (exact) mass is 293 g/mol. The Hall–Kier alpha value is -0.880. The largest absolute Gasteiger partial charge is 0.463 e. The summed E-state index contributed by atoms with van der Waals surface area (Å²) in [5.41, 5.74) is 0. The van der Waals surface area contributed by atoms with E-state index < -0.39 is 0 Å². The van der Waals surface area contributed by atoms with E-state index in [0.717, 1.165) is 64.0 Å². The van der Waals surface area contributed by atoms with Crippen LogP contribution in [0.1, 0.15) is 24.9 Å². The van der Waals surface area contributed by atoms with E-state index in [4.69, 9.17) is 9.15 Å². The zero-order valence-electron chi connectivity index (χ0n) is 13.0. The third kappa shape index (κ3) is 4.07. The molecule has 21 heavy (non-hydrogen) atoms. The van der Waals surface area contributed by atoms with Crippen LogP contribution >= 0.6 is 0 Å². The SMILES string of the molecule is CCNCc1ccc(CN2CCC(N3CCOCC3)C2)o1. The van der Waals surface area contributed by atoms with E-state index in [9.17, 15) is 0 Å². The number of hydrogen-bond acceptors (Lipinski definition) is 5. The number of likely N-dealkylation sites (tertiary alicyclic amines) is 1. The highest BCUT2D eigenvalue weighted by atomic mass is 16.5. The van der Waals surface area contributed by atoms with Crippen molar-refractivity contribution in [3.8, 4) is 0 Å². The van der Waals surface area contributed by atoms with E-state index in [1.165, 1.54) is 13.0 Å². The molecule has 1 N–H and O–H groups in total. The zero-order chi connectivity index (χ0) is 14.5. The fourth-order valence-electron chi connectivity index (χ4n) is 3.27. The Bertz CT molecular complexity index is 429. The molecular weight excluding hydrogens is 266 g/mol. The Balaban J connectivity index is 1.46. The molecule has 1 aromatic heterocycles. The molecule has 3 heterocycles. The molecule has 5 nitrogen and oxygen atoms in total. The molecule has 2 aliphatic heterocycles. The summed E-state index contributed by atoms with van der Waals surface area (Å²) in [5.74, 6) is 2.13. The fourth-order valence-corrected chi connectivity index (χ4v) is 3.27. The number of rotatable bonds is 6. The Morgan fingerprint density at radius 1 is 1.19 bits per heavy atom. The zero-order valence-corrected chi connectivity index (χ0v) is 13.0. The lowest BCUT2D eigenvalue weighted by Gasteiger charge is -2.32. The molecule has 0 bridgehead atoms. The smallest absolute Gasteiger partial charge is 0.118 e. The van der Waals surface area contributed by atoms with Gasteiger partial charge in [0.1, 0.15) is 11.5 Å². The van der Waals surface area contributed by atoms with Crippen LogP contribution in [0.4, 0.5) is 0 Å². The van der Waals surface area contributed by atoms with Gasteiger partial charge >= 0.3 is 0 Å². The fraction of sp³-hybridized carbons (Fsp3) is 0.750. The summed E-state index contributed by atoms with van der Waals surface area (Å²) in [5, 5.41) is 3.30. The average molecular weight is 293 g/mol. The van der Waals surface area contributed by atoms with E-state index in [2.05, 4.69) is 34.2 Å². The van der Waals surface area contributed by atoms with Crippen LogP contribution in [0.15, 0.2) is 16.5 Å². The molecule has 0 amide bonds. The third-order valence-electron chi connectivity index (χ3n) is 4.46. The quantitative estimate of drug-likeness (QED) is 0.856. The molecule has 1 aromatic rings. The van der Waals surface area contributed by atoms with Gasteiger partial charge in [0.15, 0.2) is 0 Å². The normalized spacial score (nSPS) is 24.7. The standard InChI is InChI=1S/C16H27N3O2/c1-2-17-11-15-3-4-16(21-15)13-18-6-5-14(12-18)19-7-9-20-10-8-19/h3-4,14,17H,2,5-13H2,1H3. The van der Waals surface area contributed by atoms with E-state index in [0.29, 0.717) is 6.04 Å². The Morgan fingerprint density at radius 3 is 2.81 bits per heavy atom. The second-order valence-corrected chi connectivity index (χ2v) is 5.97. The van der Waals surface area contributed by atoms with Crippen molar-refractivity contribution in [1.82, 2.24) is 15.1 Å². The van der Waals surface area contributed by atoms with Gasteiger partial charge in [-0.05, 0) is 25.1 Å². The van der Waals surface area contributed by atoms with Crippen LogP contribution in [-0.4, -0.2) is 61.8 Å². The van der Waals surface area contributed by atoms with Gasteiger partial charge in [-0.3, -0.25) is 9.80 Å². The van der Waals surface area contributed by atoms with Gasteiger partial charge in [0.2, 0.25) is 0 Å². The number of ether oxygens (including phenoxy) is 1. The maximum Gasteiger partial charge on any atom is 0.118 e. The van der Waals surface area contributed by atoms with Gasteiger partial charge in [-0.25, -0.2) is 0 Å². The van der Waals surface area contributed by atoms with Gasteiger partial charge in [-0.15, -0.1) is 0 Å². The van der Waals surface area contributed by atoms with Crippen LogP contribution in [0.25, 0.3) is 0 Å². The van der Waals surface area contributed by atoms with E-state index >= 15 is 0 Å². The van der Waals surface area contributed by atoms with E-state index in [-0.39, 0.29) is 0 Å². The number of nitrogens with zero attached hydrogens (tertiary/aromatic N) is 2. The summed E-state index contributed by atoms with van der Waals surface area (Å²) in [4.78, 5) is 5.10. The van der Waals surface area contributed by atoms with Gasteiger partial charge in [-0.1, -0.05) is 6.92 Å². The van der Waals surface area contributed by atoms with Crippen LogP contribution < -0.4 is 5.32 Å².